The topological polar surface area (TPSA) is 60.5 Å². The second-order valence-electron chi connectivity index (χ2n) is 4.71. The third-order valence-electron chi connectivity index (χ3n) is 2.94. The summed E-state index contributed by atoms with van der Waals surface area (Å²) < 4.78 is 10.9. The van der Waals surface area contributed by atoms with E-state index >= 15 is 0 Å². The molecule has 0 unspecified atom stereocenters. The Morgan fingerprint density at radius 2 is 2.09 bits per heavy atom. The molecule has 0 saturated heterocycles. The van der Waals surface area contributed by atoms with Crippen LogP contribution in [0, 0.1) is 6.92 Å². The number of carbonyl (C=O) groups is 1. The molecular formula is C17H20N2O3. The van der Waals surface area contributed by atoms with E-state index in [1.54, 1.807) is 18.3 Å². The Kier molecular flexibility index (Phi) is 5.77. The second-order valence-corrected chi connectivity index (χ2v) is 4.71. The zero-order valence-corrected chi connectivity index (χ0v) is 12.8. The van der Waals surface area contributed by atoms with Gasteiger partial charge in [0, 0.05) is 6.20 Å². The normalized spacial score (nSPS) is 10.1. The van der Waals surface area contributed by atoms with Crippen molar-refractivity contribution in [2.75, 3.05) is 19.8 Å². The molecule has 2 rings (SSSR count). The van der Waals surface area contributed by atoms with Crippen LogP contribution in [0.2, 0.25) is 0 Å². The maximum Gasteiger partial charge on any atom is 0.256 e. The molecule has 1 N–H and O–H groups in total. The Bertz CT molecular complexity index is 629. The summed E-state index contributed by atoms with van der Waals surface area (Å²) in [7, 11) is 0. The molecule has 0 aliphatic rings. The van der Waals surface area contributed by atoms with Crippen molar-refractivity contribution in [3.63, 3.8) is 0 Å². The van der Waals surface area contributed by atoms with Crippen molar-refractivity contribution in [2.24, 2.45) is 0 Å². The van der Waals surface area contributed by atoms with Gasteiger partial charge in [0.25, 0.3) is 5.91 Å². The Balaban J connectivity index is 1.83. The molecule has 0 bridgehead atoms. The van der Waals surface area contributed by atoms with Gasteiger partial charge < -0.3 is 14.8 Å². The van der Waals surface area contributed by atoms with E-state index in [0.717, 1.165) is 11.3 Å². The molecule has 0 spiro atoms. The average Bonchev–Trinajstić information content (AvgIpc) is 2.52. The number of aromatic nitrogens is 1. The number of nitrogens with zero attached hydrogens (tertiary/aromatic N) is 1. The van der Waals surface area contributed by atoms with E-state index in [4.69, 9.17) is 9.47 Å². The summed E-state index contributed by atoms with van der Waals surface area (Å²) in [6.07, 6.45) is 1.60. The van der Waals surface area contributed by atoms with Gasteiger partial charge in [-0.1, -0.05) is 12.1 Å². The number of carbonyl (C=O) groups excluding carboxylic acids is 1. The molecular weight excluding hydrogens is 280 g/mol. The minimum atomic E-state index is -0.218. The molecule has 1 aromatic carbocycles. The molecule has 116 valence electrons. The van der Waals surface area contributed by atoms with Crippen LogP contribution in [0.15, 0.2) is 42.6 Å². The van der Waals surface area contributed by atoms with Crippen LogP contribution in [0.1, 0.15) is 22.8 Å². The van der Waals surface area contributed by atoms with Crippen molar-refractivity contribution in [1.29, 1.82) is 0 Å². The predicted molar refractivity (Wildman–Crippen MR) is 84.4 cm³/mol. The first-order chi connectivity index (χ1) is 10.7. The van der Waals surface area contributed by atoms with Crippen LogP contribution >= 0.6 is 0 Å². The summed E-state index contributed by atoms with van der Waals surface area (Å²) in [5.41, 5.74) is 1.57. The molecule has 0 saturated carbocycles. The van der Waals surface area contributed by atoms with Gasteiger partial charge in [-0.15, -0.1) is 0 Å². The van der Waals surface area contributed by atoms with E-state index in [-0.39, 0.29) is 5.91 Å². The molecule has 5 nitrogen and oxygen atoms in total. The fourth-order valence-corrected chi connectivity index (χ4v) is 1.95. The van der Waals surface area contributed by atoms with E-state index in [9.17, 15) is 4.79 Å². The van der Waals surface area contributed by atoms with Gasteiger partial charge in [0.15, 0.2) is 0 Å². The van der Waals surface area contributed by atoms with Crippen LogP contribution in [-0.2, 0) is 0 Å². The van der Waals surface area contributed by atoms with E-state index in [0.29, 0.717) is 31.2 Å². The Morgan fingerprint density at radius 1 is 1.23 bits per heavy atom. The number of hydrogen-bond donors (Lipinski definition) is 1. The first-order valence-corrected chi connectivity index (χ1v) is 7.26. The molecule has 0 fully saturated rings. The number of rotatable bonds is 7. The highest BCUT2D eigenvalue weighted by Crippen LogP contribution is 2.14. The lowest BCUT2D eigenvalue weighted by Crippen LogP contribution is -2.28. The SMILES string of the molecule is CCOc1ncccc1C(=O)NCCOc1cccc(C)c1. The molecule has 2 aromatic rings. The number of aryl methyl sites for hydroxylation is 1. The summed E-state index contributed by atoms with van der Waals surface area (Å²) in [6.45, 7) is 5.14. The average molecular weight is 300 g/mol. The highest BCUT2D eigenvalue weighted by atomic mass is 16.5. The summed E-state index contributed by atoms with van der Waals surface area (Å²) in [6, 6.07) is 11.2. The summed E-state index contributed by atoms with van der Waals surface area (Å²) in [4.78, 5) is 16.2. The zero-order chi connectivity index (χ0) is 15.8. The molecule has 1 amide bonds. The third-order valence-corrected chi connectivity index (χ3v) is 2.94. The minimum Gasteiger partial charge on any atom is -0.492 e. The monoisotopic (exact) mass is 300 g/mol. The van der Waals surface area contributed by atoms with Crippen LogP contribution in [0.3, 0.4) is 0 Å². The maximum atomic E-state index is 12.1. The van der Waals surface area contributed by atoms with Crippen molar-refractivity contribution in [2.45, 2.75) is 13.8 Å². The van der Waals surface area contributed by atoms with Crippen LogP contribution in [0.4, 0.5) is 0 Å². The highest BCUT2D eigenvalue weighted by Gasteiger charge is 2.12. The van der Waals surface area contributed by atoms with Gasteiger partial charge in [-0.05, 0) is 43.7 Å². The van der Waals surface area contributed by atoms with Crippen molar-refractivity contribution in [3.05, 3.63) is 53.7 Å². The summed E-state index contributed by atoms with van der Waals surface area (Å²) >= 11 is 0. The quantitative estimate of drug-likeness (QED) is 0.798. The van der Waals surface area contributed by atoms with Gasteiger partial charge in [0.1, 0.15) is 17.9 Å². The fourth-order valence-electron chi connectivity index (χ4n) is 1.95. The van der Waals surface area contributed by atoms with Gasteiger partial charge >= 0.3 is 0 Å². The van der Waals surface area contributed by atoms with E-state index in [2.05, 4.69) is 10.3 Å². The molecule has 22 heavy (non-hydrogen) atoms. The van der Waals surface area contributed by atoms with Crippen molar-refractivity contribution < 1.29 is 14.3 Å². The van der Waals surface area contributed by atoms with E-state index in [1.165, 1.54) is 0 Å². The summed E-state index contributed by atoms with van der Waals surface area (Å²) in [5, 5.41) is 2.80. The van der Waals surface area contributed by atoms with E-state index in [1.807, 2.05) is 38.1 Å². The Labute approximate surface area is 130 Å². The number of hydrogen-bond acceptors (Lipinski definition) is 4. The van der Waals surface area contributed by atoms with Crippen LogP contribution in [0.5, 0.6) is 11.6 Å². The minimum absolute atomic E-state index is 0.218. The summed E-state index contributed by atoms with van der Waals surface area (Å²) in [5.74, 6) is 0.928. The third kappa shape index (κ3) is 4.48. The number of amides is 1. The van der Waals surface area contributed by atoms with Gasteiger partial charge in [-0.2, -0.15) is 0 Å². The lowest BCUT2D eigenvalue weighted by atomic mass is 10.2. The Morgan fingerprint density at radius 3 is 2.86 bits per heavy atom. The second kappa shape index (κ2) is 8.02. The van der Waals surface area contributed by atoms with E-state index < -0.39 is 0 Å². The number of benzene rings is 1. The van der Waals surface area contributed by atoms with Crippen LogP contribution < -0.4 is 14.8 Å². The zero-order valence-electron chi connectivity index (χ0n) is 12.8. The molecule has 0 atom stereocenters. The molecule has 1 aromatic heterocycles. The lowest BCUT2D eigenvalue weighted by molar-refractivity contribution is 0.0942. The smallest absolute Gasteiger partial charge is 0.256 e. The number of nitrogens with one attached hydrogen (secondary N) is 1. The van der Waals surface area contributed by atoms with Crippen LogP contribution in [-0.4, -0.2) is 30.6 Å². The molecule has 0 aliphatic carbocycles. The largest absolute Gasteiger partial charge is 0.492 e. The molecule has 1 heterocycles. The van der Waals surface area contributed by atoms with Crippen molar-refractivity contribution in [3.8, 4) is 11.6 Å². The number of pyridine rings is 1. The molecule has 0 aliphatic heterocycles. The standard InChI is InChI=1S/C17H20N2O3/c1-3-21-17-15(8-5-9-19-17)16(20)18-10-11-22-14-7-4-6-13(2)12-14/h4-9,12H,3,10-11H2,1-2H3,(H,18,20). The van der Waals surface area contributed by atoms with Gasteiger partial charge in [-0.3, -0.25) is 4.79 Å². The first kappa shape index (κ1) is 15.8. The first-order valence-electron chi connectivity index (χ1n) is 7.26. The molecule has 0 radical (unpaired) electrons. The van der Waals surface area contributed by atoms with Gasteiger partial charge in [-0.25, -0.2) is 4.98 Å². The highest BCUT2D eigenvalue weighted by molar-refractivity contribution is 5.96. The lowest BCUT2D eigenvalue weighted by Gasteiger charge is -2.10. The van der Waals surface area contributed by atoms with Gasteiger partial charge in [0.2, 0.25) is 5.88 Å². The maximum absolute atomic E-state index is 12.1. The molecule has 5 heteroatoms. The fraction of sp³-hybridized carbons (Fsp3) is 0.294. The number of ether oxygens (including phenoxy) is 2. The van der Waals surface area contributed by atoms with Crippen molar-refractivity contribution >= 4 is 5.91 Å². The van der Waals surface area contributed by atoms with Crippen molar-refractivity contribution in [1.82, 2.24) is 10.3 Å². The van der Waals surface area contributed by atoms with Gasteiger partial charge in [0.05, 0.1) is 13.2 Å². The Hall–Kier alpha value is -2.56. The van der Waals surface area contributed by atoms with Crippen LogP contribution in [0.25, 0.3) is 0 Å². The predicted octanol–water partition coefficient (Wildman–Crippen LogP) is 2.60.